The average molecular weight is 249 g/mol. The van der Waals surface area contributed by atoms with Gasteiger partial charge in [-0.05, 0) is 23.0 Å². The zero-order valence-electron chi connectivity index (χ0n) is 11.6. The van der Waals surface area contributed by atoms with Crippen molar-refractivity contribution in [1.29, 1.82) is 0 Å². The normalized spacial score (nSPS) is 13.2. The van der Waals surface area contributed by atoms with E-state index in [4.69, 9.17) is 5.73 Å². The summed E-state index contributed by atoms with van der Waals surface area (Å²) in [5, 5.41) is 0. The zero-order valence-corrected chi connectivity index (χ0v) is 11.6. The molecule has 0 radical (unpaired) electrons. The van der Waals surface area contributed by atoms with Gasteiger partial charge in [0.05, 0.1) is 6.04 Å². The van der Waals surface area contributed by atoms with E-state index in [0.717, 1.165) is 5.56 Å². The standard InChI is InChI=1S/C14H23N3O/c1-14(2,3)11-7-5-10(6-8-11)9-12(15)13(18)17-16-4/h5-8,12,16H,9,15H2,1-4H3,(H,17,18). The molecule has 4 heteroatoms. The summed E-state index contributed by atoms with van der Waals surface area (Å²) in [4.78, 5) is 11.5. The molecule has 1 amide bonds. The Labute approximate surface area is 109 Å². The summed E-state index contributed by atoms with van der Waals surface area (Å²) in [7, 11) is 1.64. The highest BCUT2D eigenvalue weighted by atomic mass is 16.2. The maximum Gasteiger partial charge on any atom is 0.251 e. The summed E-state index contributed by atoms with van der Waals surface area (Å²) >= 11 is 0. The van der Waals surface area contributed by atoms with Gasteiger partial charge in [0.25, 0.3) is 5.91 Å². The second-order valence-corrected chi connectivity index (χ2v) is 5.50. The highest BCUT2D eigenvalue weighted by Crippen LogP contribution is 2.22. The van der Waals surface area contributed by atoms with Crippen LogP contribution in [0.15, 0.2) is 24.3 Å². The predicted molar refractivity (Wildman–Crippen MR) is 74.0 cm³/mol. The van der Waals surface area contributed by atoms with Crippen LogP contribution in [-0.2, 0) is 16.6 Å². The van der Waals surface area contributed by atoms with Crippen molar-refractivity contribution in [2.45, 2.75) is 38.6 Å². The number of benzene rings is 1. The summed E-state index contributed by atoms with van der Waals surface area (Å²) in [5.74, 6) is -0.197. The minimum absolute atomic E-state index is 0.143. The summed E-state index contributed by atoms with van der Waals surface area (Å²) in [5.41, 5.74) is 13.4. The Kier molecular flexibility index (Phi) is 4.87. The van der Waals surface area contributed by atoms with Gasteiger partial charge in [-0.15, -0.1) is 0 Å². The number of nitrogens with one attached hydrogen (secondary N) is 2. The van der Waals surface area contributed by atoms with Crippen LogP contribution in [0.1, 0.15) is 31.9 Å². The van der Waals surface area contributed by atoms with Crippen molar-refractivity contribution < 1.29 is 4.79 Å². The van der Waals surface area contributed by atoms with Gasteiger partial charge in [-0.25, -0.2) is 5.43 Å². The van der Waals surface area contributed by atoms with Crippen molar-refractivity contribution in [2.75, 3.05) is 7.05 Å². The van der Waals surface area contributed by atoms with Gasteiger partial charge in [0.15, 0.2) is 0 Å². The van der Waals surface area contributed by atoms with Crippen molar-refractivity contribution >= 4 is 5.91 Å². The van der Waals surface area contributed by atoms with Crippen LogP contribution in [0.25, 0.3) is 0 Å². The monoisotopic (exact) mass is 249 g/mol. The number of amides is 1. The summed E-state index contributed by atoms with van der Waals surface area (Å²) < 4.78 is 0. The maximum absolute atomic E-state index is 11.5. The van der Waals surface area contributed by atoms with E-state index in [1.54, 1.807) is 7.05 Å². The number of carbonyl (C=O) groups is 1. The van der Waals surface area contributed by atoms with Crippen LogP contribution in [0.4, 0.5) is 0 Å². The van der Waals surface area contributed by atoms with Crippen molar-refractivity contribution in [3.8, 4) is 0 Å². The van der Waals surface area contributed by atoms with E-state index in [-0.39, 0.29) is 11.3 Å². The molecule has 0 bridgehead atoms. The second-order valence-electron chi connectivity index (χ2n) is 5.50. The molecule has 0 aromatic heterocycles. The number of hydrogen-bond acceptors (Lipinski definition) is 3. The lowest BCUT2D eigenvalue weighted by Crippen LogP contribution is -2.46. The number of hydrazine groups is 1. The van der Waals surface area contributed by atoms with Crippen molar-refractivity contribution in [3.63, 3.8) is 0 Å². The fraction of sp³-hybridized carbons (Fsp3) is 0.500. The van der Waals surface area contributed by atoms with E-state index in [1.807, 2.05) is 12.1 Å². The Morgan fingerprint density at radius 1 is 1.28 bits per heavy atom. The molecule has 1 rings (SSSR count). The number of nitrogens with two attached hydrogens (primary N) is 1. The van der Waals surface area contributed by atoms with Gasteiger partial charge in [0, 0.05) is 7.05 Å². The first kappa shape index (κ1) is 14.7. The highest BCUT2D eigenvalue weighted by molar-refractivity contribution is 5.81. The molecule has 1 aromatic carbocycles. The molecule has 0 aliphatic rings. The molecule has 4 nitrogen and oxygen atoms in total. The van der Waals surface area contributed by atoms with Crippen LogP contribution in [0.3, 0.4) is 0 Å². The Hall–Kier alpha value is -1.39. The fourth-order valence-corrected chi connectivity index (χ4v) is 1.70. The van der Waals surface area contributed by atoms with Crippen LogP contribution >= 0.6 is 0 Å². The van der Waals surface area contributed by atoms with Gasteiger partial charge in [-0.1, -0.05) is 45.0 Å². The third-order valence-corrected chi connectivity index (χ3v) is 2.86. The predicted octanol–water partition coefficient (Wildman–Crippen LogP) is 1.10. The lowest BCUT2D eigenvalue weighted by Gasteiger charge is -2.19. The SMILES string of the molecule is CNNC(=O)C(N)Cc1ccc(C(C)(C)C)cc1. The van der Waals surface area contributed by atoms with Gasteiger partial charge in [-0.3, -0.25) is 10.2 Å². The van der Waals surface area contributed by atoms with Crippen molar-refractivity contribution in [1.82, 2.24) is 10.9 Å². The molecule has 1 unspecified atom stereocenters. The van der Waals surface area contributed by atoms with Crippen LogP contribution in [0, 0.1) is 0 Å². The Bertz CT molecular complexity index is 392. The quantitative estimate of drug-likeness (QED) is 0.700. The molecule has 100 valence electrons. The molecule has 0 aliphatic carbocycles. The lowest BCUT2D eigenvalue weighted by atomic mass is 9.86. The van der Waals surface area contributed by atoms with Crippen LogP contribution in [0.2, 0.25) is 0 Å². The molecule has 0 spiro atoms. The second kappa shape index (κ2) is 5.98. The molecule has 4 N–H and O–H groups in total. The molecule has 0 fully saturated rings. The van der Waals surface area contributed by atoms with Crippen LogP contribution in [0.5, 0.6) is 0 Å². The van der Waals surface area contributed by atoms with Crippen LogP contribution in [-0.4, -0.2) is 19.0 Å². The zero-order chi connectivity index (χ0) is 13.8. The van der Waals surface area contributed by atoms with E-state index >= 15 is 0 Å². The maximum atomic E-state index is 11.5. The fourth-order valence-electron chi connectivity index (χ4n) is 1.70. The molecular weight excluding hydrogens is 226 g/mol. The summed E-state index contributed by atoms with van der Waals surface area (Å²) in [6.07, 6.45) is 0.540. The Balaban J connectivity index is 2.67. The first-order valence-corrected chi connectivity index (χ1v) is 6.16. The van der Waals surface area contributed by atoms with Crippen molar-refractivity contribution in [3.05, 3.63) is 35.4 Å². The molecule has 18 heavy (non-hydrogen) atoms. The van der Waals surface area contributed by atoms with Gasteiger partial charge in [0.2, 0.25) is 0 Å². The first-order valence-electron chi connectivity index (χ1n) is 6.16. The molecular formula is C14H23N3O. The molecule has 1 atom stereocenters. The summed E-state index contributed by atoms with van der Waals surface area (Å²) in [6.45, 7) is 6.52. The average Bonchev–Trinajstić information content (AvgIpc) is 2.28. The van der Waals surface area contributed by atoms with Gasteiger partial charge in [-0.2, -0.15) is 0 Å². The summed E-state index contributed by atoms with van der Waals surface area (Å²) in [6, 6.07) is 7.73. The smallest absolute Gasteiger partial charge is 0.251 e. The Morgan fingerprint density at radius 2 is 1.83 bits per heavy atom. The van der Waals surface area contributed by atoms with Gasteiger partial charge in [0.1, 0.15) is 0 Å². The third-order valence-electron chi connectivity index (χ3n) is 2.86. The largest absolute Gasteiger partial charge is 0.320 e. The molecule has 0 heterocycles. The number of rotatable bonds is 4. The van der Waals surface area contributed by atoms with E-state index in [1.165, 1.54) is 5.56 Å². The van der Waals surface area contributed by atoms with Gasteiger partial charge < -0.3 is 5.73 Å². The minimum Gasteiger partial charge on any atom is -0.320 e. The van der Waals surface area contributed by atoms with Crippen molar-refractivity contribution in [2.24, 2.45) is 5.73 Å². The third kappa shape index (κ3) is 4.13. The van der Waals surface area contributed by atoms with E-state index in [2.05, 4.69) is 43.8 Å². The number of carbonyl (C=O) groups excluding carboxylic acids is 1. The van der Waals surface area contributed by atoms with Crippen LogP contribution < -0.4 is 16.6 Å². The van der Waals surface area contributed by atoms with E-state index in [0.29, 0.717) is 6.42 Å². The van der Waals surface area contributed by atoms with E-state index in [9.17, 15) is 4.79 Å². The molecule has 0 saturated carbocycles. The minimum atomic E-state index is -0.530. The topological polar surface area (TPSA) is 67.1 Å². The molecule has 0 saturated heterocycles. The molecule has 0 aliphatic heterocycles. The highest BCUT2D eigenvalue weighted by Gasteiger charge is 2.15. The number of hydrogen-bond donors (Lipinski definition) is 3. The lowest BCUT2D eigenvalue weighted by molar-refractivity contribution is -0.123. The van der Waals surface area contributed by atoms with Gasteiger partial charge >= 0.3 is 0 Å². The Morgan fingerprint density at radius 3 is 2.28 bits per heavy atom. The van der Waals surface area contributed by atoms with E-state index < -0.39 is 6.04 Å². The molecule has 1 aromatic rings. The first-order chi connectivity index (χ1) is 8.34.